The molecule has 1 heterocycles. The number of hydrogen-bond acceptors (Lipinski definition) is 4. The summed E-state index contributed by atoms with van der Waals surface area (Å²) in [5.74, 6) is 0. The number of halogens is 1. The standard InChI is InChI=1S/C10H11BrN4O2S/c1-14(8-15-12-6-7-13-15)18(16,17)10-4-2-9(11)3-5-10/h2-7H,8H2,1H3. The average molecular weight is 331 g/mol. The molecule has 2 rings (SSSR count). The minimum absolute atomic E-state index is 0.0748. The fourth-order valence-electron chi connectivity index (χ4n) is 1.36. The molecule has 0 spiro atoms. The largest absolute Gasteiger partial charge is 0.244 e. The fraction of sp³-hybridized carbons (Fsp3) is 0.200. The quantitative estimate of drug-likeness (QED) is 0.847. The van der Waals surface area contributed by atoms with Crippen LogP contribution in [0.4, 0.5) is 0 Å². The van der Waals surface area contributed by atoms with Crippen LogP contribution in [-0.2, 0) is 16.7 Å². The van der Waals surface area contributed by atoms with Gasteiger partial charge in [-0.3, -0.25) is 0 Å². The highest BCUT2D eigenvalue weighted by Crippen LogP contribution is 2.17. The lowest BCUT2D eigenvalue weighted by molar-refractivity contribution is 0.348. The highest BCUT2D eigenvalue weighted by Gasteiger charge is 2.21. The monoisotopic (exact) mass is 330 g/mol. The first kappa shape index (κ1) is 13.2. The Hall–Kier alpha value is -1.25. The zero-order valence-electron chi connectivity index (χ0n) is 9.56. The van der Waals surface area contributed by atoms with Gasteiger partial charge in [-0.05, 0) is 24.3 Å². The van der Waals surface area contributed by atoms with E-state index >= 15 is 0 Å². The SMILES string of the molecule is CN(Cn1nccn1)S(=O)(=O)c1ccc(Br)cc1. The van der Waals surface area contributed by atoms with Crippen LogP contribution >= 0.6 is 15.9 Å². The highest BCUT2D eigenvalue weighted by molar-refractivity contribution is 9.10. The molecule has 0 saturated carbocycles. The second-order valence-electron chi connectivity index (χ2n) is 3.60. The van der Waals surface area contributed by atoms with Crippen molar-refractivity contribution in [2.75, 3.05) is 7.05 Å². The Balaban J connectivity index is 2.22. The maximum absolute atomic E-state index is 12.2. The molecule has 1 aromatic carbocycles. The summed E-state index contributed by atoms with van der Waals surface area (Å²) in [6.07, 6.45) is 3.00. The van der Waals surface area contributed by atoms with Crippen molar-refractivity contribution >= 4 is 26.0 Å². The zero-order valence-corrected chi connectivity index (χ0v) is 12.0. The van der Waals surface area contributed by atoms with Gasteiger partial charge in [0.15, 0.2) is 0 Å². The van der Waals surface area contributed by atoms with Crippen molar-refractivity contribution in [3.8, 4) is 0 Å². The summed E-state index contributed by atoms with van der Waals surface area (Å²) >= 11 is 3.27. The van der Waals surface area contributed by atoms with Crippen LogP contribution in [0.25, 0.3) is 0 Å². The summed E-state index contributed by atoms with van der Waals surface area (Å²) in [4.78, 5) is 1.54. The summed E-state index contributed by atoms with van der Waals surface area (Å²) in [5.41, 5.74) is 0. The van der Waals surface area contributed by atoms with Crippen LogP contribution < -0.4 is 0 Å². The third kappa shape index (κ3) is 2.77. The second-order valence-corrected chi connectivity index (χ2v) is 6.56. The van der Waals surface area contributed by atoms with Crippen LogP contribution in [0.2, 0.25) is 0 Å². The lowest BCUT2D eigenvalue weighted by atomic mass is 10.4. The maximum Gasteiger partial charge on any atom is 0.244 e. The molecule has 0 unspecified atom stereocenters. The van der Waals surface area contributed by atoms with Crippen LogP contribution in [0.15, 0.2) is 46.0 Å². The van der Waals surface area contributed by atoms with Crippen molar-refractivity contribution in [3.63, 3.8) is 0 Å². The van der Waals surface area contributed by atoms with E-state index in [1.807, 2.05) is 0 Å². The van der Waals surface area contributed by atoms with Crippen LogP contribution in [0.1, 0.15) is 0 Å². The van der Waals surface area contributed by atoms with Crippen LogP contribution in [0, 0.1) is 0 Å². The van der Waals surface area contributed by atoms with Crippen molar-refractivity contribution in [2.24, 2.45) is 0 Å². The first-order chi connectivity index (χ1) is 8.50. The zero-order chi connectivity index (χ0) is 13.2. The number of nitrogens with zero attached hydrogens (tertiary/aromatic N) is 4. The molecule has 0 aliphatic carbocycles. The van der Waals surface area contributed by atoms with Gasteiger partial charge in [-0.15, -0.1) is 0 Å². The molecule has 0 fully saturated rings. The number of benzene rings is 1. The molecule has 1 aromatic heterocycles. The minimum atomic E-state index is -3.52. The average Bonchev–Trinajstić information content (AvgIpc) is 2.82. The van der Waals surface area contributed by atoms with Gasteiger partial charge in [-0.1, -0.05) is 15.9 Å². The first-order valence-corrected chi connectivity index (χ1v) is 7.29. The van der Waals surface area contributed by atoms with Gasteiger partial charge in [0, 0.05) is 11.5 Å². The lowest BCUT2D eigenvalue weighted by Crippen LogP contribution is -2.30. The molecular weight excluding hydrogens is 320 g/mol. The lowest BCUT2D eigenvalue weighted by Gasteiger charge is -2.16. The first-order valence-electron chi connectivity index (χ1n) is 5.06. The van der Waals surface area contributed by atoms with Gasteiger partial charge in [0.05, 0.1) is 17.3 Å². The highest BCUT2D eigenvalue weighted by atomic mass is 79.9. The predicted octanol–water partition coefficient (Wildman–Crippen LogP) is 1.32. The Bertz CT molecular complexity index is 610. The number of rotatable bonds is 4. The molecule has 0 aliphatic rings. The van der Waals surface area contributed by atoms with E-state index < -0.39 is 10.0 Å². The van der Waals surface area contributed by atoms with Crippen LogP contribution in [0.5, 0.6) is 0 Å². The maximum atomic E-state index is 12.2. The van der Waals surface area contributed by atoms with E-state index in [0.717, 1.165) is 4.47 Å². The van der Waals surface area contributed by atoms with Crippen molar-refractivity contribution in [3.05, 3.63) is 41.1 Å². The summed E-state index contributed by atoms with van der Waals surface area (Å²) in [5, 5.41) is 7.74. The summed E-state index contributed by atoms with van der Waals surface area (Å²) in [6.45, 7) is 0.0748. The van der Waals surface area contributed by atoms with E-state index in [1.165, 1.54) is 28.5 Å². The van der Waals surface area contributed by atoms with E-state index in [1.54, 1.807) is 24.3 Å². The molecule has 8 heteroatoms. The van der Waals surface area contributed by atoms with E-state index in [4.69, 9.17) is 0 Å². The van der Waals surface area contributed by atoms with Crippen molar-refractivity contribution < 1.29 is 8.42 Å². The molecule has 0 atom stereocenters. The van der Waals surface area contributed by atoms with Crippen molar-refractivity contribution in [1.29, 1.82) is 0 Å². The van der Waals surface area contributed by atoms with Gasteiger partial charge in [0.1, 0.15) is 6.67 Å². The number of hydrogen-bond donors (Lipinski definition) is 0. The van der Waals surface area contributed by atoms with Gasteiger partial charge >= 0.3 is 0 Å². The predicted molar refractivity (Wildman–Crippen MR) is 69.1 cm³/mol. The number of sulfonamides is 1. The van der Waals surface area contributed by atoms with Crippen molar-refractivity contribution in [2.45, 2.75) is 11.6 Å². The summed E-state index contributed by atoms with van der Waals surface area (Å²) in [6, 6.07) is 6.47. The molecule has 0 radical (unpaired) electrons. The Kier molecular flexibility index (Phi) is 3.79. The molecule has 0 bridgehead atoms. The minimum Gasteiger partial charge on any atom is -0.207 e. The van der Waals surface area contributed by atoms with Crippen molar-refractivity contribution in [1.82, 2.24) is 19.3 Å². The molecular formula is C10H11BrN4O2S. The molecule has 96 valence electrons. The normalized spacial score (nSPS) is 11.9. The molecule has 0 amide bonds. The summed E-state index contributed by atoms with van der Waals surface area (Å²) in [7, 11) is -2.03. The Morgan fingerprint density at radius 3 is 2.33 bits per heavy atom. The third-order valence-corrected chi connectivity index (χ3v) is 4.65. The van der Waals surface area contributed by atoms with Gasteiger partial charge in [0.25, 0.3) is 0 Å². The van der Waals surface area contributed by atoms with Gasteiger partial charge in [0.2, 0.25) is 10.0 Å². The third-order valence-electron chi connectivity index (χ3n) is 2.31. The van der Waals surface area contributed by atoms with E-state index in [-0.39, 0.29) is 11.6 Å². The molecule has 2 aromatic rings. The fourth-order valence-corrected chi connectivity index (χ4v) is 2.72. The van der Waals surface area contributed by atoms with Gasteiger partial charge < -0.3 is 0 Å². The molecule has 0 aliphatic heterocycles. The Morgan fingerprint density at radius 2 is 1.78 bits per heavy atom. The van der Waals surface area contributed by atoms with Crippen LogP contribution in [0.3, 0.4) is 0 Å². The molecule has 6 nitrogen and oxygen atoms in total. The van der Waals surface area contributed by atoms with E-state index in [2.05, 4.69) is 26.1 Å². The molecule has 18 heavy (non-hydrogen) atoms. The Morgan fingerprint density at radius 1 is 1.22 bits per heavy atom. The smallest absolute Gasteiger partial charge is 0.207 e. The Labute approximate surface area is 113 Å². The van der Waals surface area contributed by atoms with Crippen LogP contribution in [-0.4, -0.2) is 34.8 Å². The topological polar surface area (TPSA) is 68.1 Å². The van der Waals surface area contributed by atoms with Gasteiger partial charge in [-0.25, -0.2) is 8.42 Å². The van der Waals surface area contributed by atoms with E-state index in [0.29, 0.717) is 0 Å². The molecule has 0 saturated heterocycles. The summed E-state index contributed by atoms with van der Waals surface area (Å²) < 4.78 is 26.4. The molecule has 0 N–H and O–H groups in total. The van der Waals surface area contributed by atoms with Gasteiger partial charge in [-0.2, -0.15) is 19.3 Å². The van der Waals surface area contributed by atoms with E-state index in [9.17, 15) is 8.42 Å². The number of aromatic nitrogens is 3. The second kappa shape index (κ2) is 5.17.